The Morgan fingerprint density at radius 1 is 1.05 bits per heavy atom. The monoisotopic (exact) mass is 630 g/mol. The number of carbonyl (C=O) groups excluding carboxylic acids is 4. The molecule has 0 spiro atoms. The first kappa shape index (κ1) is 36.9. The molecule has 6 atom stereocenters. The Bertz CT molecular complexity index is 1220. The van der Waals surface area contributed by atoms with Gasteiger partial charge in [-0.2, -0.15) is 0 Å². The van der Waals surface area contributed by atoms with Crippen molar-refractivity contribution in [2.75, 3.05) is 13.7 Å². The molecule has 2 aromatic rings. The van der Waals surface area contributed by atoms with Gasteiger partial charge in [0.25, 0.3) is 5.91 Å². The van der Waals surface area contributed by atoms with E-state index < -0.39 is 29.9 Å². The number of likely N-dealkylation sites (N-methyl/N-ethyl adjacent to an activating group) is 1. The van der Waals surface area contributed by atoms with Crippen LogP contribution in [0.2, 0.25) is 0 Å². The molecule has 0 saturated heterocycles. The molecular weight excluding hydrogens is 580 g/mol. The van der Waals surface area contributed by atoms with Crippen LogP contribution in [0.4, 0.5) is 0 Å². The van der Waals surface area contributed by atoms with E-state index in [-0.39, 0.29) is 48.1 Å². The molecule has 11 heteroatoms. The molecule has 2 amide bonds. The Labute approximate surface area is 266 Å². The van der Waals surface area contributed by atoms with E-state index in [1.807, 2.05) is 58.0 Å². The van der Waals surface area contributed by atoms with Crippen molar-refractivity contribution in [1.29, 1.82) is 0 Å². The highest BCUT2D eigenvalue weighted by atomic mass is 32.1. The number of hydrogen-bond acceptors (Lipinski definition) is 9. The number of rotatable bonds is 17. The van der Waals surface area contributed by atoms with Crippen molar-refractivity contribution in [2.45, 2.75) is 98.4 Å². The topological polar surface area (TPSA) is 141 Å². The van der Waals surface area contributed by atoms with Crippen molar-refractivity contribution >= 4 is 35.1 Å². The first-order valence-electron chi connectivity index (χ1n) is 15.4. The van der Waals surface area contributed by atoms with E-state index >= 15 is 0 Å². The lowest BCUT2D eigenvalue weighted by Gasteiger charge is -2.35. The van der Waals surface area contributed by atoms with Crippen molar-refractivity contribution in [3.8, 4) is 0 Å². The predicted molar refractivity (Wildman–Crippen MR) is 172 cm³/mol. The molecule has 44 heavy (non-hydrogen) atoms. The minimum absolute atomic E-state index is 0.0213. The van der Waals surface area contributed by atoms with Gasteiger partial charge in [0, 0.05) is 37.9 Å². The number of thiazole rings is 1. The first-order chi connectivity index (χ1) is 20.8. The molecule has 244 valence electrons. The van der Waals surface area contributed by atoms with Gasteiger partial charge in [-0.25, -0.2) is 4.98 Å². The van der Waals surface area contributed by atoms with Crippen molar-refractivity contribution in [3.05, 3.63) is 52.0 Å². The van der Waals surface area contributed by atoms with Crippen LogP contribution in [0.1, 0.15) is 94.9 Å². The Balaban J connectivity index is 2.27. The highest BCUT2D eigenvalue weighted by molar-refractivity contribution is 7.09. The van der Waals surface area contributed by atoms with Gasteiger partial charge in [-0.15, -0.1) is 11.3 Å². The lowest BCUT2D eigenvalue weighted by molar-refractivity contribution is -0.149. The zero-order valence-electron chi connectivity index (χ0n) is 27.4. The highest BCUT2D eigenvalue weighted by Crippen LogP contribution is 2.31. The summed E-state index contributed by atoms with van der Waals surface area (Å²) in [5.74, 6) is -1.71. The number of benzene rings is 1. The quantitative estimate of drug-likeness (QED) is 0.235. The van der Waals surface area contributed by atoms with Crippen LogP contribution in [-0.2, 0) is 30.3 Å². The molecule has 10 nitrogen and oxygen atoms in total. The smallest absolute Gasteiger partial charge is 0.308 e. The lowest BCUT2D eigenvalue weighted by atomic mass is 9.93. The summed E-state index contributed by atoms with van der Waals surface area (Å²) in [6, 6.07) is 8.46. The third-order valence-electron chi connectivity index (χ3n) is 7.94. The molecule has 0 aliphatic rings. The number of hydrogen-bond donors (Lipinski definition) is 2. The minimum Gasteiger partial charge on any atom is -0.466 e. The van der Waals surface area contributed by atoms with Gasteiger partial charge in [0.1, 0.15) is 10.7 Å². The fourth-order valence-corrected chi connectivity index (χ4v) is 5.93. The summed E-state index contributed by atoms with van der Waals surface area (Å²) in [6.07, 6.45) is 1.24. The van der Waals surface area contributed by atoms with Crippen LogP contribution in [0.25, 0.3) is 0 Å². The van der Waals surface area contributed by atoms with Crippen LogP contribution in [0.3, 0.4) is 0 Å². The number of carbonyl (C=O) groups is 4. The maximum absolute atomic E-state index is 13.4. The van der Waals surface area contributed by atoms with Crippen LogP contribution < -0.4 is 11.1 Å². The molecule has 1 heterocycles. The van der Waals surface area contributed by atoms with Crippen LogP contribution in [0.15, 0.2) is 35.7 Å². The van der Waals surface area contributed by atoms with E-state index in [4.69, 9.17) is 15.2 Å². The summed E-state index contributed by atoms with van der Waals surface area (Å²) in [5, 5.41) is 5.14. The molecule has 1 aromatic heterocycles. The van der Waals surface area contributed by atoms with Gasteiger partial charge in [-0.05, 0) is 37.2 Å². The molecule has 0 radical (unpaired) electrons. The molecule has 0 aliphatic heterocycles. The zero-order valence-corrected chi connectivity index (χ0v) is 28.2. The van der Waals surface area contributed by atoms with E-state index in [2.05, 4.69) is 10.3 Å². The van der Waals surface area contributed by atoms with Crippen molar-refractivity contribution in [1.82, 2.24) is 15.2 Å². The van der Waals surface area contributed by atoms with Crippen LogP contribution in [-0.4, -0.2) is 65.4 Å². The fraction of sp³-hybridized carbons (Fsp3) is 0.606. The molecular formula is C33H50N4O6S. The van der Waals surface area contributed by atoms with E-state index in [9.17, 15) is 19.2 Å². The van der Waals surface area contributed by atoms with Crippen LogP contribution in [0.5, 0.6) is 0 Å². The first-order valence-corrected chi connectivity index (χ1v) is 16.3. The zero-order chi connectivity index (χ0) is 33.0. The van der Waals surface area contributed by atoms with Crippen molar-refractivity contribution in [3.63, 3.8) is 0 Å². The fourth-order valence-electron chi connectivity index (χ4n) is 5.09. The molecule has 1 aromatic carbocycles. The molecule has 0 aliphatic carbocycles. The largest absolute Gasteiger partial charge is 0.466 e. The van der Waals surface area contributed by atoms with Gasteiger partial charge in [0.2, 0.25) is 5.91 Å². The second kappa shape index (κ2) is 17.9. The standard InChI is InChI=1S/C33H50N4O6S/c1-9-21(5)29(34)32(40)37(8)27(20(3)4)18-28(43-23(7)38)31-36-26(19-44-31)30(39)35-25(16-22(6)33(41)42-10-2)17-24-14-12-11-13-15-24/h11-15,19-22,25,27-29H,9-10,16-18,34H2,1-8H3,(H,35,39)/t21-,22-,25+,27+,28-,29+/m1/s1. The molecule has 3 N–H and O–H groups in total. The van der Waals surface area contributed by atoms with Crippen molar-refractivity contribution < 1.29 is 28.7 Å². The van der Waals surface area contributed by atoms with Gasteiger partial charge in [0.15, 0.2) is 6.10 Å². The predicted octanol–water partition coefficient (Wildman–Crippen LogP) is 4.92. The lowest BCUT2D eigenvalue weighted by Crippen LogP contribution is -2.51. The van der Waals surface area contributed by atoms with Crippen LogP contribution >= 0.6 is 11.3 Å². The summed E-state index contributed by atoms with van der Waals surface area (Å²) in [7, 11) is 1.73. The maximum Gasteiger partial charge on any atom is 0.308 e. The van der Waals surface area contributed by atoms with Gasteiger partial charge < -0.3 is 25.4 Å². The third-order valence-corrected chi connectivity index (χ3v) is 8.87. The second-order valence-corrected chi connectivity index (χ2v) is 12.7. The van der Waals surface area contributed by atoms with Gasteiger partial charge in [0.05, 0.1) is 18.6 Å². The number of nitrogens with one attached hydrogen (secondary N) is 1. The molecule has 2 rings (SSSR count). The summed E-state index contributed by atoms with van der Waals surface area (Å²) in [5.41, 5.74) is 7.47. The Hall–Kier alpha value is -3.31. The normalized spacial score (nSPS) is 15.4. The number of ether oxygens (including phenoxy) is 2. The molecule has 0 saturated carbocycles. The maximum atomic E-state index is 13.4. The Kier molecular flexibility index (Phi) is 15.0. The number of aromatic nitrogens is 1. The summed E-state index contributed by atoms with van der Waals surface area (Å²) in [6.45, 7) is 13.1. The third kappa shape index (κ3) is 11.0. The van der Waals surface area contributed by atoms with E-state index in [0.29, 0.717) is 24.3 Å². The average Bonchev–Trinajstić information content (AvgIpc) is 3.48. The molecule has 0 bridgehead atoms. The SMILES string of the molecule is CCOC(=O)[C@H](C)C[C@@H](Cc1ccccc1)NC(=O)c1csc([C@@H](C[C@@H](C(C)C)N(C)C(=O)[C@@H](N)[C@H](C)CC)OC(C)=O)n1. The van der Waals surface area contributed by atoms with E-state index in [0.717, 1.165) is 12.0 Å². The summed E-state index contributed by atoms with van der Waals surface area (Å²) in [4.78, 5) is 57.3. The van der Waals surface area contributed by atoms with E-state index in [1.165, 1.54) is 18.3 Å². The average molecular weight is 631 g/mol. The van der Waals surface area contributed by atoms with Gasteiger partial charge in [-0.3, -0.25) is 19.2 Å². The Morgan fingerprint density at radius 3 is 2.27 bits per heavy atom. The number of nitrogens with two attached hydrogens (primary N) is 1. The Morgan fingerprint density at radius 2 is 1.70 bits per heavy atom. The summed E-state index contributed by atoms with van der Waals surface area (Å²) >= 11 is 1.22. The molecule has 0 unspecified atom stereocenters. The highest BCUT2D eigenvalue weighted by Gasteiger charge is 2.33. The molecule has 0 fully saturated rings. The van der Waals surface area contributed by atoms with Gasteiger partial charge >= 0.3 is 11.9 Å². The van der Waals surface area contributed by atoms with Crippen molar-refractivity contribution in [2.24, 2.45) is 23.5 Å². The number of nitrogens with zero attached hydrogens (tertiary/aromatic N) is 2. The van der Waals surface area contributed by atoms with Crippen LogP contribution in [0, 0.1) is 17.8 Å². The summed E-state index contributed by atoms with van der Waals surface area (Å²) < 4.78 is 10.9. The number of esters is 2. The van der Waals surface area contributed by atoms with Gasteiger partial charge in [-0.1, -0.05) is 71.4 Å². The van der Waals surface area contributed by atoms with E-state index in [1.54, 1.807) is 31.2 Å². The number of amides is 2. The minimum atomic E-state index is -0.759. The second-order valence-electron chi connectivity index (χ2n) is 11.8.